The maximum atomic E-state index is 7.20. The van der Waals surface area contributed by atoms with Crippen LogP contribution in [0.1, 0.15) is 34.1 Å². The molecule has 4 aromatic carbocycles. The van der Waals surface area contributed by atoms with Crippen molar-refractivity contribution in [1.29, 1.82) is 0 Å². The van der Waals surface area contributed by atoms with Crippen molar-refractivity contribution >= 4 is 11.3 Å². The number of hydrogen-bond donors (Lipinski definition) is 1. The first-order valence-corrected chi connectivity index (χ1v) is 16.5. The van der Waals surface area contributed by atoms with Crippen LogP contribution in [-0.4, -0.2) is 45.6 Å². The summed E-state index contributed by atoms with van der Waals surface area (Å²) in [7, 11) is 0. The standard InChI is InChI=1S/C40H40N4O5/c41-39-35-22-21-34(44(35)43-29-42-39)36-37(47-25-32-17-9-3-10-18-32)38(48-26-33-19-11-4-12-20-33)40(49-36,27-45-23-30-13-5-1-6-14-30)28-46-24-31-15-7-2-8-16-31/h1-22,29,36-38H,23-28H2,(H2,41,42,43)/t36?,37-,38-/m0/s1. The number of nitrogens with two attached hydrogens (primary N) is 1. The molecule has 0 saturated carbocycles. The molecule has 0 spiro atoms. The number of ether oxygens (including phenoxy) is 5. The number of benzene rings is 4. The predicted molar refractivity (Wildman–Crippen MR) is 186 cm³/mol. The molecular weight excluding hydrogens is 616 g/mol. The van der Waals surface area contributed by atoms with E-state index >= 15 is 0 Å². The van der Waals surface area contributed by atoms with Gasteiger partial charge >= 0.3 is 0 Å². The molecule has 7 rings (SSSR count). The number of fused-ring (bicyclic) bond motifs is 1. The Morgan fingerprint density at radius 3 is 1.63 bits per heavy atom. The summed E-state index contributed by atoms with van der Waals surface area (Å²) in [5.74, 6) is 0.376. The van der Waals surface area contributed by atoms with Gasteiger partial charge in [-0.15, -0.1) is 0 Å². The fourth-order valence-electron chi connectivity index (χ4n) is 6.32. The fourth-order valence-corrected chi connectivity index (χ4v) is 6.32. The van der Waals surface area contributed by atoms with Crippen LogP contribution in [0.2, 0.25) is 0 Å². The van der Waals surface area contributed by atoms with Crippen LogP contribution in [0, 0.1) is 0 Å². The minimum absolute atomic E-state index is 0.193. The third-order valence-electron chi connectivity index (χ3n) is 8.75. The van der Waals surface area contributed by atoms with Crippen molar-refractivity contribution in [2.24, 2.45) is 0 Å². The van der Waals surface area contributed by atoms with E-state index in [-0.39, 0.29) is 13.2 Å². The van der Waals surface area contributed by atoms with Crippen LogP contribution in [0.5, 0.6) is 0 Å². The molecule has 1 fully saturated rings. The average Bonchev–Trinajstić information content (AvgIpc) is 3.71. The van der Waals surface area contributed by atoms with Gasteiger partial charge in [0.25, 0.3) is 0 Å². The normalized spacial score (nSPS) is 18.6. The van der Waals surface area contributed by atoms with Gasteiger partial charge in [0.2, 0.25) is 0 Å². The van der Waals surface area contributed by atoms with Gasteiger partial charge in [-0.05, 0) is 34.4 Å². The highest BCUT2D eigenvalue weighted by Gasteiger charge is 2.58. The number of aromatic nitrogens is 3. The smallest absolute Gasteiger partial charge is 0.151 e. The molecule has 6 aromatic rings. The van der Waals surface area contributed by atoms with E-state index in [1.807, 2.05) is 133 Å². The Morgan fingerprint density at radius 2 is 1.10 bits per heavy atom. The van der Waals surface area contributed by atoms with Crippen molar-refractivity contribution in [2.45, 2.75) is 50.3 Å². The second-order valence-electron chi connectivity index (χ2n) is 12.2. The van der Waals surface area contributed by atoms with E-state index in [1.165, 1.54) is 6.33 Å². The molecule has 0 radical (unpaired) electrons. The highest BCUT2D eigenvalue weighted by Crippen LogP contribution is 2.45. The zero-order valence-corrected chi connectivity index (χ0v) is 27.2. The minimum Gasteiger partial charge on any atom is -0.382 e. The molecule has 49 heavy (non-hydrogen) atoms. The monoisotopic (exact) mass is 656 g/mol. The molecule has 0 amide bonds. The van der Waals surface area contributed by atoms with Gasteiger partial charge in [-0.2, -0.15) is 5.10 Å². The molecule has 250 valence electrons. The highest BCUT2D eigenvalue weighted by molar-refractivity contribution is 5.65. The molecule has 3 atom stereocenters. The fraction of sp³-hybridized carbons (Fsp3) is 0.250. The second-order valence-corrected chi connectivity index (χ2v) is 12.2. The van der Waals surface area contributed by atoms with Crippen LogP contribution in [0.4, 0.5) is 5.82 Å². The first kappa shape index (κ1) is 32.6. The lowest BCUT2D eigenvalue weighted by molar-refractivity contribution is -0.179. The van der Waals surface area contributed by atoms with Crippen LogP contribution in [0.3, 0.4) is 0 Å². The van der Waals surface area contributed by atoms with Crippen LogP contribution < -0.4 is 5.73 Å². The largest absolute Gasteiger partial charge is 0.382 e. The Hall–Kier alpha value is -4.90. The highest BCUT2D eigenvalue weighted by atomic mass is 16.6. The topological polar surface area (TPSA) is 102 Å². The summed E-state index contributed by atoms with van der Waals surface area (Å²) in [6.07, 6.45) is -0.332. The lowest BCUT2D eigenvalue weighted by Crippen LogP contribution is -2.52. The van der Waals surface area contributed by atoms with Crippen molar-refractivity contribution in [3.63, 3.8) is 0 Å². The van der Waals surface area contributed by atoms with Crippen LogP contribution in [-0.2, 0) is 50.1 Å². The van der Waals surface area contributed by atoms with Gasteiger partial charge in [0.15, 0.2) is 5.82 Å². The quantitative estimate of drug-likeness (QED) is 0.130. The molecule has 3 heterocycles. The van der Waals surface area contributed by atoms with Gasteiger partial charge in [0.05, 0.1) is 45.3 Å². The Labute approximate surface area is 286 Å². The molecule has 1 saturated heterocycles. The van der Waals surface area contributed by atoms with Gasteiger partial charge in [-0.1, -0.05) is 121 Å². The van der Waals surface area contributed by atoms with Crippen molar-refractivity contribution in [3.05, 3.63) is 168 Å². The van der Waals surface area contributed by atoms with Gasteiger partial charge in [-0.3, -0.25) is 0 Å². The third-order valence-corrected chi connectivity index (χ3v) is 8.75. The summed E-state index contributed by atoms with van der Waals surface area (Å²) in [6.45, 7) is 1.87. The molecule has 1 unspecified atom stereocenters. The second kappa shape index (κ2) is 15.5. The van der Waals surface area contributed by atoms with Crippen molar-refractivity contribution in [3.8, 4) is 0 Å². The number of nitrogen functional groups attached to an aromatic ring is 1. The van der Waals surface area contributed by atoms with Crippen molar-refractivity contribution in [1.82, 2.24) is 14.6 Å². The third kappa shape index (κ3) is 7.72. The predicted octanol–water partition coefficient (Wildman–Crippen LogP) is 6.73. The summed E-state index contributed by atoms with van der Waals surface area (Å²) >= 11 is 0. The van der Waals surface area contributed by atoms with Crippen LogP contribution in [0.15, 0.2) is 140 Å². The summed E-state index contributed by atoms with van der Waals surface area (Å²) in [4.78, 5) is 4.20. The molecule has 1 aliphatic rings. The number of hydrogen-bond acceptors (Lipinski definition) is 8. The molecule has 9 nitrogen and oxygen atoms in total. The summed E-state index contributed by atoms with van der Waals surface area (Å²) < 4.78 is 35.7. The first-order valence-electron chi connectivity index (χ1n) is 16.5. The van der Waals surface area contributed by atoms with Gasteiger partial charge < -0.3 is 29.4 Å². The Kier molecular flexibility index (Phi) is 10.4. The van der Waals surface area contributed by atoms with Crippen molar-refractivity contribution in [2.75, 3.05) is 18.9 Å². The van der Waals surface area contributed by atoms with E-state index < -0.39 is 23.9 Å². The van der Waals surface area contributed by atoms with Gasteiger partial charge in [-0.25, -0.2) is 9.50 Å². The van der Waals surface area contributed by atoms with Crippen LogP contribution in [0.25, 0.3) is 5.52 Å². The Balaban J connectivity index is 1.27. The Morgan fingerprint density at radius 1 is 0.612 bits per heavy atom. The summed E-state index contributed by atoms with van der Waals surface area (Å²) in [5, 5.41) is 4.56. The molecule has 0 bridgehead atoms. The van der Waals surface area contributed by atoms with Crippen molar-refractivity contribution < 1.29 is 23.7 Å². The number of rotatable bonds is 15. The zero-order valence-electron chi connectivity index (χ0n) is 27.2. The molecule has 9 heteroatoms. The Bertz CT molecular complexity index is 1840. The van der Waals surface area contributed by atoms with E-state index in [9.17, 15) is 0 Å². The van der Waals surface area contributed by atoms with Crippen LogP contribution >= 0.6 is 0 Å². The van der Waals surface area contributed by atoms with E-state index in [4.69, 9.17) is 29.4 Å². The van der Waals surface area contributed by atoms with Gasteiger partial charge in [0.1, 0.15) is 35.8 Å². The molecule has 2 aromatic heterocycles. The lowest BCUT2D eigenvalue weighted by Gasteiger charge is -2.35. The number of nitrogens with zero attached hydrogens (tertiary/aromatic N) is 3. The summed E-state index contributed by atoms with van der Waals surface area (Å²) in [5.41, 5.74) is 10.8. The van der Waals surface area contributed by atoms with E-state index in [1.54, 1.807) is 4.52 Å². The molecule has 2 N–H and O–H groups in total. The van der Waals surface area contributed by atoms with Gasteiger partial charge in [0, 0.05) is 0 Å². The van der Waals surface area contributed by atoms with E-state index in [0.29, 0.717) is 37.8 Å². The minimum atomic E-state index is -1.06. The molecule has 0 aliphatic carbocycles. The SMILES string of the molecule is Nc1ncnn2c(C3OC(COCc4ccccc4)(COCc4ccccc4)[C@@H](OCc4ccccc4)[C@H]3OCc3ccccc3)ccc12. The zero-order chi connectivity index (χ0) is 33.3. The van der Waals surface area contributed by atoms with E-state index in [0.717, 1.165) is 27.9 Å². The molecule has 1 aliphatic heterocycles. The maximum absolute atomic E-state index is 7.20. The maximum Gasteiger partial charge on any atom is 0.151 e. The summed E-state index contributed by atoms with van der Waals surface area (Å²) in [6, 6.07) is 44.2. The van der Waals surface area contributed by atoms with E-state index in [2.05, 4.69) is 10.1 Å². The number of anilines is 1. The lowest BCUT2D eigenvalue weighted by atomic mass is 9.94. The first-order chi connectivity index (χ1) is 24.2. The average molecular weight is 657 g/mol. The molecular formula is C40H40N4O5.